The SMILES string of the molecule is Cc1cc(C#N)cc(C(=O)N2CCC3(CC2)O[C@@H]2CC[C@@H](c4cc(F)cc(F)c4)N2C3=O)c1. The van der Waals surface area contributed by atoms with Gasteiger partial charge >= 0.3 is 0 Å². The normalized spacial score (nSPS) is 23.6. The number of rotatable bonds is 2. The van der Waals surface area contributed by atoms with Crippen LogP contribution in [0.15, 0.2) is 36.4 Å². The monoisotopic (exact) mass is 451 g/mol. The van der Waals surface area contributed by atoms with Gasteiger partial charge in [0.05, 0.1) is 17.7 Å². The van der Waals surface area contributed by atoms with Crippen molar-refractivity contribution in [3.8, 4) is 6.07 Å². The smallest absolute Gasteiger partial charge is 0.257 e. The molecule has 0 unspecified atom stereocenters. The average molecular weight is 451 g/mol. The third-order valence-corrected chi connectivity index (χ3v) is 6.90. The first kappa shape index (κ1) is 21.5. The summed E-state index contributed by atoms with van der Waals surface area (Å²) in [5.41, 5.74) is 1.14. The molecule has 2 aromatic rings. The lowest BCUT2D eigenvalue weighted by molar-refractivity contribution is -0.142. The Bertz CT molecular complexity index is 1160. The van der Waals surface area contributed by atoms with Crippen LogP contribution in [0, 0.1) is 29.9 Å². The second kappa shape index (κ2) is 7.92. The highest BCUT2D eigenvalue weighted by Gasteiger charge is 2.58. The lowest BCUT2D eigenvalue weighted by Crippen LogP contribution is -2.51. The van der Waals surface area contributed by atoms with Crippen molar-refractivity contribution in [1.82, 2.24) is 9.80 Å². The molecule has 3 fully saturated rings. The number of piperidine rings is 1. The molecule has 0 N–H and O–H groups in total. The lowest BCUT2D eigenvalue weighted by atomic mass is 9.89. The Kier molecular flexibility index (Phi) is 5.17. The maximum absolute atomic E-state index is 13.8. The first-order chi connectivity index (χ1) is 15.8. The molecule has 2 aromatic carbocycles. The number of ether oxygens (including phenoxy) is 1. The Morgan fingerprint density at radius 2 is 1.79 bits per heavy atom. The molecule has 2 atom stereocenters. The van der Waals surface area contributed by atoms with Crippen LogP contribution >= 0.6 is 0 Å². The Balaban J connectivity index is 1.32. The number of benzene rings is 2. The zero-order chi connectivity index (χ0) is 23.3. The van der Waals surface area contributed by atoms with E-state index < -0.39 is 29.5 Å². The molecule has 0 aliphatic carbocycles. The van der Waals surface area contributed by atoms with Crippen LogP contribution in [0.1, 0.15) is 58.8 Å². The van der Waals surface area contributed by atoms with Gasteiger partial charge in [-0.15, -0.1) is 0 Å². The zero-order valence-electron chi connectivity index (χ0n) is 18.2. The van der Waals surface area contributed by atoms with Gasteiger partial charge in [0.1, 0.15) is 17.9 Å². The summed E-state index contributed by atoms with van der Waals surface area (Å²) in [5, 5.41) is 9.18. The van der Waals surface area contributed by atoms with E-state index in [2.05, 4.69) is 6.07 Å². The number of hydrogen-bond acceptors (Lipinski definition) is 4. The highest BCUT2D eigenvalue weighted by atomic mass is 19.1. The fraction of sp³-hybridized carbons (Fsp3) is 0.400. The Morgan fingerprint density at radius 3 is 2.45 bits per heavy atom. The molecule has 33 heavy (non-hydrogen) atoms. The summed E-state index contributed by atoms with van der Waals surface area (Å²) >= 11 is 0. The van der Waals surface area contributed by atoms with Gasteiger partial charge in [0.15, 0.2) is 5.60 Å². The molecule has 3 heterocycles. The molecular weight excluding hydrogens is 428 g/mol. The lowest BCUT2D eigenvalue weighted by Gasteiger charge is -2.37. The van der Waals surface area contributed by atoms with Crippen molar-refractivity contribution < 1.29 is 23.1 Å². The van der Waals surface area contributed by atoms with Crippen LogP contribution in [-0.4, -0.2) is 46.5 Å². The van der Waals surface area contributed by atoms with E-state index in [1.54, 1.807) is 28.0 Å². The average Bonchev–Trinajstić information content (AvgIpc) is 3.31. The number of amides is 2. The third kappa shape index (κ3) is 3.66. The maximum atomic E-state index is 13.8. The summed E-state index contributed by atoms with van der Waals surface area (Å²) in [4.78, 5) is 29.8. The maximum Gasteiger partial charge on any atom is 0.257 e. The summed E-state index contributed by atoms with van der Waals surface area (Å²) < 4.78 is 33.8. The highest BCUT2D eigenvalue weighted by molar-refractivity contribution is 5.95. The minimum atomic E-state index is -1.02. The number of likely N-dealkylation sites (tertiary alicyclic amines) is 1. The van der Waals surface area contributed by atoms with E-state index >= 15 is 0 Å². The van der Waals surface area contributed by atoms with Crippen molar-refractivity contribution in [1.29, 1.82) is 5.26 Å². The Morgan fingerprint density at radius 1 is 1.09 bits per heavy atom. The third-order valence-electron chi connectivity index (χ3n) is 6.90. The molecule has 0 aromatic heterocycles. The molecule has 3 saturated heterocycles. The van der Waals surface area contributed by atoms with Crippen LogP contribution in [-0.2, 0) is 9.53 Å². The molecule has 8 heteroatoms. The quantitative estimate of drug-likeness (QED) is 0.696. The van der Waals surface area contributed by atoms with Crippen molar-refractivity contribution in [2.45, 2.75) is 50.5 Å². The first-order valence-corrected chi connectivity index (χ1v) is 11.1. The van der Waals surface area contributed by atoms with Crippen LogP contribution in [0.3, 0.4) is 0 Å². The van der Waals surface area contributed by atoms with Crippen LogP contribution in [0.25, 0.3) is 0 Å². The molecule has 0 bridgehead atoms. The largest absolute Gasteiger partial charge is 0.342 e. The van der Waals surface area contributed by atoms with Gasteiger partial charge in [-0.05, 0) is 61.2 Å². The van der Waals surface area contributed by atoms with E-state index in [1.807, 2.05) is 6.92 Å². The summed E-state index contributed by atoms with van der Waals surface area (Å²) in [6.45, 7) is 2.53. The number of fused-ring (bicyclic) bond motifs is 1. The Labute approximate surface area is 190 Å². The molecule has 6 nitrogen and oxygen atoms in total. The number of nitriles is 1. The minimum Gasteiger partial charge on any atom is -0.342 e. The second-order valence-corrected chi connectivity index (χ2v) is 9.07. The van der Waals surface area contributed by atoms with E-state index in [9.17, 15) is 23.6 Å². The number of halogens is 2. The predicted molar refractivity (Wildman–Crippen MR) is 114 cm³/mol. The zero-order valence-corrected chi connectivity index (χ0v) is 18.2. The van der Waals surface area contributed by atoms with Crippen LogP contribution < -0.4 is 0 Å². The molecule has 2 amide bonds. The number of carbonyl (C=O) groups is 2. The molecule has 170 valence electrons. The van der Waals surface area contributed by atoms with Gasteiger partial charge in [-0.25, -0.2) is 8.78 Å². The predicted octanol–water partition coefficient (Wildman–Crippen LogP) is 3.84. The molecular formula is C25H23F2N3O3. The minimum absolute atomic E-state index is 0.172. The summed E-state index contributed by atoms with van der Waals surface area (Å²) in [6, 6.07) is 10.1. The molecule has 0 radical (unpaired) electrons. The number of nitrogens with zero attached hydrogens (tertiary/aromatic N) is 3. The summed E-state index contributed by atoms with van der Waals surface area (Å²) in [6.07, 6.45) is 1.46. The number of aryl methyl sites for hydroxylation is 1. The van der Waals surface area contributed by atoms with Crippen LogP contribution in [0.5, 0.6) is 0 Å². The summed E-state index contributed by atoms with van der Waals surface area (Å²) in [7, 11) is 0. The van der Waals surface area contributed by atoms with Gasteiger partial charge in [0, 0.05) is 37.6 Å². The van der Waals surface area contributed by atoms with Gasteiger partial charge in [-0.2, -0.15) is 5.26 Å². The molecule has 0 saturated carbocycles. The fourth-order valence-corrected chi connectivity index (χ4v) is 5.36. The number of carbonyl (C=O) groups excluding carboxylic acids is 2. The van der Waals surface area contributed by atoms with Gasteiger partial charge in [-0.1, -0.05) is 0 Å². The van der Waals surface area contributed by atoms with Gasteiger partial charge in [0.2, 0.25) is 0 Å². The van der Waals surface area contributed by atoms with E-state index in [0.29, 0.717) is 55.5 Å². The van der Waals surface area contributed by atoms with Crippen molar-refractivity contribution in [3.63, 3.8) is 0 Å². The molecule has 3 aliphatic heterocycles. The van der Waals surface area contributed by atoms with Gasteiger partial charge in [0.25, 0.3) is 11.8 Å². The fourth-order valence-electron chi connectivity index (χ4n) is 5.36. The van der Waals surface area contributed by atoms with Crippen molar-refractivity contribution in [3.05, 3.63) is 70.3 Å². The van der Waals surface area contributed by atoms with E-state index in [1.165, 1.54) is 12.1 Å². The molecule has 1 spiro atoms. The first-order valence-electron chi connectivity index (χ1n) is 11.1. The van der Waals surface area contributed by atoms with Crippen molar-refractivity contribution >= 4 is 11.8 Å². The van der Waals surface area contributed by atoms with Crippen LogP contribution in [0.2, 0.25) is 0 Å². The molecule has 5 rings (SSSR count). The number of hydrogen-bond donors (Lipinski definition) is 0. The standard InChI is InChI=1S/C25H23F2N3O3/c1-15-8-16(14-28)10-18(9-15)23(31)29-6-4-25(5-7-29)24(32)30-21(2-3-22(30)33-25)17-11-19(26)13-20(27)12-17/h8-13,21-22H,2-7H2,1H3/t21-,22+/m0/s1. The highest BCUT2D eigenvalue weighted by Crippen LogP contribution is 2.47. The van der Waals surface area contributed by atoms with Crippen molar-refractivity contribution in [2.24, 2.45) is 0 Å². The van der Waals surface area contributed by atoms with Crippen molar-refractivity contribution in [2.75, 3.05) is 13.1 Å². The summed E-state index contributed by atoms with van der Waals surface area (Å²) in [5.74, 6) is -1.69. The van der Waals surface area contributed by atoms with Gasteiger partial charge in [-0.3, -0.25) is 9.59 Å². The second-order valence-electron chi connectivity index (χ2n) is 9.07. The van der Waals surface area contributed by atoms with E-state index in [0.717, 1.165) is 11.6 Å². The van der Waals surface area contributed by atoms with Crippen LogP contribution in [0.4, 0.5) is 8.78 Å². The van der Waals surface area contributed by atoms with Gasteiger partial charge < -0.3 is 14.5 Å². The topological polar surface area (TPSA) is 73.6 Å². The Hall–Kier alpha value is -3.31. The van der Waals surface area contributed by atoms with E-state index in [-0.39, 0.29) is 11.8 Å². The van der Waals surface area contributed by atoms with E-state index in [4.69, 9.17) is 4.74 Å². The molecule has 3 aliphatic rings.